The summed E-state index contributed by atoms with van der Waals surface area (Å²) in [7, 11) is 7.07. The molecule has 0 spiro atoms. The molecule has 51 heavy (non-hydrogen) atoms. The molecule has 0 bridgehead atoms. The first kappa shape index (κ1) is 39.2. The van der Waals surface area contributed by atoms with E-state index in [1.165, 1.54) is 6.07 Å². The van der Waals surface area contributed by atoms with E-state index < -0.39 is 11.5 Å². The molecule has 1 aromatic heterocycles. The Morgan fingerprint density at radius 3 is 2.12 bits per heavy atom. The number of aromatic nitrogens is 1. The van der Waals surface area contributed by atoms with E-state index in [9.17, 15) is 9.59 Å². The van der Waals surface area contributed by atoms with Crippen molar-refractivity contribution in [1.82, 2.24) is 15.4 Å². The van der Waals surface area contributed by atoms with Crippen LogP contribution in [0.25, 0.3) is 11.3 Å². The normalized spacial score (nSPS) is 13.5. The summed E-state index contributed by atoms with van der Waals surface area (Å²) in [5.41, 5.74) is 0.857. The second-order valence-corrected chi connectivity index (χ2v) is 12.9. The molecule has 4 rings (SSSR count). The van der Waals surface area contributed by atoms with Gasteiger partial charge in [0.2, 0.25) is 0 Å². The molecular formula is C36H50N4O11. The van der Waals surface area contributed by atoms with Crippen molar-refractivity contribution in [1.29, 1.82) is 0 Å². The fourth-order valence-corrected chi connectivity index (χ4v) is 4.94. The maximum Gasteiger partial charge on any atom is 0.410 e. The molecule has 0 unspecified atom stereocenters. The number of ether oxygens (including phenoxy) is 8. The van der Waals surface area contributed by atoms with Gasteiger partial charge in [0.1, 0.15) is 34.2 Å². The quantitative estimate of drug-likeness (QED) is 0.134. The molecule has 1 N–H and O–H groups in total. The number of nitrogens with zero attached hydrogens (tertiary/aromatic N) is 3. The molecule has 1 aliphatic heterocycles. The van der Waals surface area contributed by atoms with Crippen molar-refractivity contribution >= 4 is 17.7 Å². The number of amides is 2. The van der Waals surface area contributed by atoms with Gasteiger partial charge < -0.3 is 57.5 Å². The Hall–Kier alpha value is -4.57. The SMILES string of the molecule is COCCOCOc1cc(OCOCCOC)c(-c2cc(C(=O)NC3CCN(C(=O)OC(C)(C)C)CC3)no2)c(Oc2ccc(N(C)C)cc2)c1. The van der Waals surface area contributed by atoms with E-state index in [2.05, 4.69) is 10.5 Å². The summed E-state index contributed by atoms with van der Waals surface area (Å²) in [6, 6.07) is 12.2. The van der Waals surface area contributed by atoms with Gasteiger partial charge >= 0.3 is 6.09 Å². The summed E-state index contributed by atoms with van der Waals surface area (Å²) < 4.78 is 50.8. The van der Waals surface area contributed by atoms with Crippen LogP contribution >= 0.6 is 0 Å². The monoisotopic (exact) mass is 714 g/mol. The van der Waals surface area contributed by atoms with Crippen molar-refractivity contribution in [3.05, 3.63) is 48.2 Å². The molecule has 0 aliphatic carbocycles. The summed E-state index contributed by atoms with van der Waals surface area (Å²) in [6.07, 6.45) is 0.771. The van der Waals surface area contributed by atoms with Crippen LogP contribution in [0.15, 0.2) is 47.0 Å². The van der Waals surface area contributed by atoms with Gasteiger partial charge in [-0.15, -0.1) is 0 Å². The third-order valence-corrected chi connectivity index (χ3v) is 7.56. The third kappa shape index (κ3) is 12.3. The highest BCUT2D eigenvalue weighted by Gasteiger charge is 2.29. The number of carbonyl (C=O) groups excluding carboxylic acids is 2. The van der Waals surface area contributed by atoms with Crippen LogP contribution in [-0.4, -0.2) is 115 Å². The minimum atomic E-state index is -0.581. The van der Waals surface area contributed by atoms with Crippen molar-refractivity contribution in [2.75, 3.05) is 86.3 Å². The van der Waals surface area contributed by atoms with E-state index in [0.717, 1.165) is 5.69 Å². The van der Waals surface area contributed by atoms with Crippen LogP contribution < -0.4 is 24.4 Å². The van der Waals surface area contributed by atoms with Gasteiger partial charge in [0.25, 0.3) is 5.91 Å². The Kier molecular flexibility index (Phi) is 14.7. The van der Waals surface area contributed by atoms with Gasteiger partial charge in [0, 0.05) is 71.3 Å². The first-order valence-corrected chi connectivity index (χ1v) is 16.8. The Morgan fingerprint density at radius 1 is 0.882 bits per heavy atom. The Balaban J connectivity index is 1.58. The number of likely N-dealkylation sites (tertiary alicyclic amines) is 1. The topological polar surface area (TPSA) is 153 Å². The maximum absolute atomic E-state index is 13.3. The molecule has 3 aromatic rings. The van der Waals surface area contributed by atoms with Crippen LogP contribution in [0.5, 0.6) is 23.0 Å². The van der Waals surface area contributed by atoms with Crippen LogP contribution in [0.2, 0.25) is 0 Å². The van der Waals surface area contributed by atoms with Crippen LogP contribution in [0.3, 0.4) is 0 Å². The number of rotatable bonds is 18. The van der Waals surface area contributed by atoms with Crippen molar-refractivity contribution in [3.8, 4) is 34.3 Å². The molecule has 0 atom stereocenters. The van der Waals surface area contributed by atoms with E-state index in [1.54, 1.807) is 31.3 Å². The molecule has 1 saturated heterocycles. The van der Waals surface area contributed by atoms with Gasteiger partial charge in [-0.25, -0.2) is 4.79 Å². The summed E-state index contributed by atoms with van der Waals surface area (Å²) in [5, 5.41) is 7.09. The van der Waals surface area contributed by atoms with Gasteiger partial charge in [-0.2, -0.15) is 0 Å². The lowest BCUT2D eigenvalue weighted by Gasteiger charge is -2.33. The molecule has 2 amide bonds. The molecule has 1 fully saturated rings. The number of hydrogen-bond acceptors (Lipinski definition) is 13. The minimum absolute atomic E-state index is 0.0488. The summed E-state index contributed by atoms with van der Waals surface area (Å²) in [6.45, 7) is 7.69. The standard InChI is InChI=1S/C36H50N4O11/c1-36(2,3)50-35(42)40-14-12-25(13-15-40)37-34(41)29-22-32(51-38-29)33-30(48-24-46-19-17-44-7)20-28(47-23-45-18-16-43-6)21-31(33)49-27-10-8-26(9-11-27)39(4)5/h8-11,20-22,25H,12-19,23-24H2,1-7H3,(H,37,41). The Morgan fingerprint density at radius 2 is 1.51 bits per heavy atom. The first-order valence-electron chi connectivity index (χ1n) is 16.8. The predicted octanol–water partition coefficient (Wildman–Crippen LogP) is 5.33. The molecule has 1 aliphatic rings. The minimum Gasteiger partial charge on any atom is -0.467 e. The molecule has 2 heterocycles. The summed E-state index contributed by atoms with van der Waals surface area (Å²) >= 11 is 0. The average Bonchev–Trinajstić information content (AvgIpc) is 3.58. The number of carbonyl (C=O) groups is 2. The second kappa shape index (κ2) is 19.2. The van der Waals surface area contributed by atoms with Gasteiger partial charge in [0.05, 0.1) is 26.4 Å². The number of methoxy groups -OCH3 is 2. The van der Waals surface area contributed by atoms with Gasteiger partial charge in [-0.1, -0.05) is 5.16 Å². The lowest BCUT2D eigenvalue weighted by atomic mass is 10.0. The molecule has 2 aromatic carbocycles. The van der Waals surface area contributed by atoms with E-state index in [4.69, 9.17) is 42.4 Å². The fourth-order valence-electron chi connectivity index (χ4n) is 4.94. The second-order valence-electron chi connectivity index (χ2n) is 12.9. The largest absolute Gasteiger partial charge is 0.467 e. The highest BCUT2D eigenvalue weighted by molar-refractivity contribution is 5.93. The van der Waals surface area contributed by atoms with E-state index >= 15 is 0 Å². The molecule has 0 saturated carbocycles. The lowest BCUT2D eigenvalue weighted by Crippen LogP contribution is -2.47. The first-order chi connectivity index (χ1) is 24.5. The Labute approximate surface area is 298 Å². The van der Waals surface area contributed by atoms with Crippen molar-refractivity contribution < 1.29 is 52.0 Å². The van der Waals surface area contributed by atoms with E-state index in [0.29, 0.717) is 80.9 Å². The fraction of sp³-hybridized carbons (Fsp3) is 0.528. The number of nitrogens with one attached hydrogen (secondary N) is 1. The Bertz CT molecular complexity index is 1530. The lowest BCUT2D eigenvalue weighted by molar-refractivity contribution is -0.0116. The predicted molar refractivity (Wildman–Crippen MR) is 188 cm³/mol. The zero-order chi connectivity index (χ0) is 36.8. The van der Waals surface area contributed by atoms with Crippen LogP contribution in [-0.2, 0) is 23.7 Å². The molecule has 15 nitrogen and oxygen atoms in total. The van der Waals surface area contributed by atoms with Crippen molar-refractivity contribution in [3.63, 3.8) is 0 Å². The van der Waals surface area contributed by atoms with E-state index in [1.807, 2.05) is 64.0 Å². The number of anilines is 1. The number of hydrogen-bond donors (Lipinski definition) is 1. The van der Waals surface area contributed by atoms with Gasteiger partial charge in [0.15, 0.2) is 25.0 Å². The third-order valence-electron chi connectivity index (χ3n) is 7.56. The number of benzene rings is 2. The smallest absolute Gasteiger partial charge is 0.410 e. The molecular weight excluding hydrogens is 664 g/mol. The zero-order valence-corrected chi connectivity index (χ0v) is 30.5. The maximum atomic E-state index is 13.3. The molecule has 0 radical (unpaired) electrons. The van der Waals surface area contributed by atoms with Crippen LogP contribution in [0.1, 0.15) is 44.1 Å². The number of piperidine rings is 1. The highest BCUT2D eigenvalue weighted by atomic mass is 16.7. The van der Waals surface area contributed by atoms with Crippen LogP contribution in [0.4, 0.5) is 10.5 Å². The van der Waals surface area contributed by atoms with Crippen molar-refractivity contribution in [2.24, 2.45) is 0 Å². The van der Waals surface area contributed by atoms with Crippen LogP contribution in [0, 0.1) is 0 Å². The van der Waals surface area contributed by atoms with Gasteiger partial charge in [-0.3, -0.25) is 4.79 Å². The van der Waals surface area contributed by atoms with Crippen molar-refractivity contribution in [2.45, 2.75) is 45.3 Å². The zero-order valence-electron chi connectivity index (χ0n) is 30.5. The molecule has 15 heteroatoms. The van der Waals surface area contributed by atoms with E-state index in [-0.39, 0.29) is 37.2 Å². The highest BCUT2D eigenvalue weighted by Crippen LogP contribution is 2.44. The summed E-state index contributed by atoms with van der Waals surface area (Å²) in [5.74, 6) is 1.33. The summed E-state index contributed by atoms with van der Waals surface area (Å²) in [4.78, 5) is 29.5. The van der Waals surface area contributed by atoms with Gasteiger partial charge in [-0.05, 0) is 57.9 Å². The molecule has 280 valence electrons. The average molecular weight is 715 g/mol.